The van der Waals surface area contributed by atoms with E-state index in [9.17, 15) is 9.90 Å². The molecule has 0 atom stereocenters. The number of ether oxygens (including phenoxy) is 1. The largest absolute Gasteiger partial charge is 0.487 e. The monoisotopic (exact) mass is 324 g/mol. The first-order chi connectivity index (χ1) is 9.79. The first-order valence-electron chi connectivity index (χ1n) is 6.53. The summed E-state index contributed by atoms with van der Waals surface area (Å²) in [7, 11) is 0. The average molecular weight is 325 g/mol. The van der Waals surface area contributed by atoms with Crippen molar-refractivity contribution in [1.82, 2.24) is 0 Å². The summed E-state index contributed by atoms with van der Waals surface area (Å²) in [6.07, 6.45) is 0. The maximum absolute atomic E-state index is 11.3. The number of carbonyl (C=O) groups is 1. The second-order valence-electron chi connectivity index (χ2n) is 5.74. The summed E-state index contributed by atoms with van der Waals surface area (Å²) >= 11 is 7.33. The Kier molecular flexibility index (Phi) is 4.59. The fourth-order valence-corrected chi connectivity index (χ4v) is 2.96. The number of aromatic carboxylic acids is 1. The highest BCUT2D eigenvalue weighted by molar-refractivity contribution is 7.14. The first-order valence-corrected chi connectivity index (χ1v) is 7.72. The number of thiophene rings is 1. The molecular formula is C16H17ClO3S. The standard InChI is InChI=1S/C16H17ClO3S/c1-16(2,3)13-8-12(14(21-13)15(18)19)20-9-10-6-4-5-7-11(10)17/h4-8H,9H2,1-3H3,(H,18,19). The third-order valence-electron chi connectivity index (χ3n) is 2.97. The molecule has 0 aliphatic rings. The van der Waals surface area contributed by atoms with Crippen LogP contribution < -0.4 is 4.74 Å². The Bertz CT molecular complexity index is 656. The van der Waals surface area contributed by atoms with Crippen molar-refractivity contribution in [2.24, 2.45) is 0 Å². The minimum absolute atomic E-state index is 0.110. The van der Waals surface area contributed by atoms with Gasteiger partial charge >= 0.3 is 5.97 Å². The predicted molar refractivity (Wildman–Crippen MR) is 85.8 cm³/mol. The van der Waals surface area contributed by atoms with Crippen LogP contribution in [0, 0.1) is 0 Å². The summed E-state index contributed by atoms with van der Waals surface area (Å²) in [5.74, 6) is -0.568. The molecule has 1 heterocycles. The van der Waals surface area contributed by atoms with E-state index in [1.54, 1.807) is 6.07 Å². The van der Waals surface area contributed by atoms with Crippen LogP contribution in [-0.2, 0) is 12.0 Å². The zero-order valence-corrected chi connectivity index (χ0v) is 13.7. The average Bonchev–Trinajstić information content (AvgIpc) is 2.82. The van der Waals surface area contributed by atoms with Crippen molar-refractivity contribution in [3.8, 4) is 5.75 Å². The Hall–Kier alpha value is -1.52. The lowest BCUT2D eigenvalue weighted by atomic mass is 9.95. The van der Waals surface area contributed by atoms with E-state index in [1.165, 1.54) is 11.3 Å². The van der Waals surface area contributed by atoms with E-state index in [0.717, 1.165) is 10.4 Å². The number of halogens is 1. The molecule has 0 radical (unpaired) electrons. The molecule has 0 spiro atoms. The van der Waals surface area contributed by atoms with E-state index >= 15 is 0 Å². The van der Waals surface area contributed by atoms with Gasteiger partial charge in [0.2, 0.25) is 0 Å². The molecule has 0 bridgehead atoms. The molecule has 21 heavy (non-hydrogen) atoms. The maximum atomic E-state index is 11.3. The van der Waals surface area contributed by atoms with E-state index in [-0.39, 0.29) is 16.9 Å². The molecule has 2 rings (SSSR count). The predicted octanol–water partition coefficient (Wildman–Crippen LogP) is 4.98. The number of carboxylic acids is 1. The van der Waals surface area contributed by atoms with Crippen LogP contribution in [0.3, 0.4) is 0 Å². The van der Waals surface area contributed by atoms with E-state index in [1.807, 2.05) is 45.0 Å². The van der Waals surface area contributed by atoms with Gasteiger partial charge in [0.05, 0.1) is 0 Å². The molecule has 0 fully saturated rings. The van der Waals surface area contributed by atoms with Crippen molar-refractivity contribution in [3.05, 3.63) is 50.7 Å². The molecule has 0 aliphatic carbocycles. The summed E-state index contributed by atoms with van der Waals surface area (Å²) in [6.45, 7) is 6.38. The van der Waals surface area contributed by atoms with E-state index < -0.39 is 5.97 Å². The molecule has 3 nitrogen and oxygen atoms in total. The number of carboxylic acid groups (broad SMARTS) is 1. The molecule has 0 saturated heterocycles. The second-order valence-corrected chi connectivity index (χ2v) is 7.20. The molecule has 2 aromatic rings. The molecule has 0 unspecified atom stereocenters. The van der Waals surface area contributed by atoms with Crippen LogP contribution in [0.15, 0.2) is 30.3 Å². The SMILES string of the molecule is CC(C)(C)c1cc(OCc2ccccc2Cl)c(C(=O)O)s1. The first kappa shape index (κ1) is 15.9. The number of benzene rings is 1. The Morgan fingerprint density at radius 3 is 2.57 bits per heavy atom. The van der Waals surface area contributed by atoms with E-state index in [2.05, 4.69) is 0 Å². The number of hydrogen-bond acceptors (Lipinski definition) is 3. The van der Waals surface area contributed by atoms with E-state index in [0.29, 0.717) is 10.8 Å². The van der Waals surface area contributed by atoms with Crippen molar-refractivity contribution in [3.63, 3.8) is 0 Å². The lowest BCUT2D eigenvalue weighted by Crippen LogP contribution is -2.08. The second kappa shape index (κ2) is 6.08. The Labute approximate surface area is 133 Å². The van der Waals surface area contributed by atoms with Gasteiger partial charge in [-0.3, -0.25) is 0 Å². The zero-order chi connectivity index (χ0) is 15.6. The van der Waals surface area contributed by atoms with Crippen LogP contribution in [0.1, 0.15) is 40.9 Å². The number of rotatable bonds is 4. The molecule has 112 valence electrons. The highest BCUT2D eigenvalue weighted by atomic mass is 35.5. The van der Waals surface area contributed by atoms with Gasteiger partial charge in [-0.2, -0.15) is 0 Å². The van der Waals surface area contributed by atoms with Gasteiger partial charge in [-0.05, 0) is 17.5 Å². The van der Waals surface area contributed by atoms with Crippen LogP contribution in [0.2, 0.25) is 5.02 Å². The van der Waals surface area contributed by atoms with Gasteiger partial charge in [0.15, 0.2) is 4.88 Å². The molecule has 1 aromatic heterocycles. The lowest BCUT2D eigenvalue weighted by Gasteiger charge is -2.15. The fraction of sp³-hybridized carbons (Fsp3) is 0.312. The number of hydrogen-bond donors (Lipinski definition) is 1. The minimum Gasteiger partial charge on any atom is -0.487 e. The molecule has 0 amide bonds. The minimum atomic E-state index is -0.968. The van der Waals surface area contributed by atoms with Gasteiger partial charge in [-0.25, -0.2) is 4.79 Å². The third-order valence-corrected chi connectivity index (χ3v) is 4.87. The van der Waals surface area contributed by atoms with Crippen molar-refractivity contribution in [1.29, 1.82) is 0 Å². The molecule has 0 saturated carbocycles. The summed E-state index contributed by atoms with van der Waals surface area (Å²) in [5, 5.41) is 9.91. The topological polar surface area (TPSA) is 46.5 Å². The van der Waals surface area contributed by atoms with Gasteiger partial charge in [0.25, 0.3) is 0 Å². The highest BCUT2D eigenvalue weighted by Crippen LogP contribution is 2.37. The summed E-state index contributed by atoms with van der Waals surface area (Å²) < 4.78 is 5.69. The summed E-state index contributed by atoms with van der Waals surface area (Å²) in [6, 6.07) is 9.17. The van der Waals surface area contributed by atoms with Crippen LogP contribution in [0.4, 0.5) is 0 Å². The molecule has 1 N–H and O–H groups in total. The van der Waals surface area contributed by atoms with Gasteiger partial charge < -0.3 is 9.84 Å². The van der Waals surface area contributed by atoms with Crippen molar-refractivity contribution < 1.29 is 14.6 Å². The van der Waals surface area contributed by atoms with E-state index in [4.69, 9.17) is 16.3 Å². The van der Waals surface area contributed by atoms with Gasteiger partial charge in [-0.15, -0.1) is 11.3 Å². The smallest absolute Gasteiger partial charge is 0.349 e. The third kappa shape index (κ3) is 3.77. The summed E-state index contributed by atoms with van der Waals surface area (Å²) in [4.78, 5) is 12.6. The van der Waals surface area contributed by atoms with Crippen molar-refractivity contribution >= 4 is 28.9 Å². The van der Waals surface area contributed by atoms with Crippen LogP contribution in [-0.4, -0.2) is 11.1 Å². The Balaban J connectivity index is 2.25. The molecule has 0 aliphatic heterocycles. The lowest BCUT2D eigenvalue weighted by molar-refractivity contribution is 0.0697. The van der Waals surface area contributed by atoms with Crippen molar-refractivity contribution in [2.45, 2.75) is 32.8 Å². The molecule has 1 aromatic carbocycles. The fourth-order valence-electron chi connectivity index (χ4n) is 1.77. The van der Waals surface area contributed by atoms with Crippen molar-refractivity contribution in [2.75, 3.05) is 0 Å². The normalized spacial score (nSPS) is 11.4. The van der Waals surface area contributed by atoms with Gasteiger partial charge in [-0.1, -0.05) is 50.6 Å². The van der Waals surface area contributed by atoms with Gasteiger partial charge in [0, 0.05) is 15.5 Å². The molecule has 5 heteroatoms. The van der Waals surface area contributed by atoms with Crippen LogP contribution in [0.25, 0.3) is 0 Å². The summed E-state index contributed by atoms with van der Waals surface area (Å²) in [5.41, 5.74) is 0.722. The van der Waals surface area contributed by atoms with Gasteiger partial charge in [0.1, 0.15) is 12.4 Å². The Morgan fingerprint density at radius 2 is 2.00 bits per heavy atom. The van der Waals surface area contributed by atoms with Crippen LogP contribution >= 0.6 is 22.9 Å². The maximum Gasteiger partial charge on any atom is 0.349 e. The zero-order valence-electron chi connectivity index (χ0n) is 12.1. The highest BCUT2D eigenvalue weighted by Gasteiger charge is 2.23. The quantitative estimate of drug-likeness (QED) is 0.863. The molecular weight excluding hydrogens is 308 g/mol. The Morgan fingerprint density at radius 1 is 1.33 bits per heavy atom. The van der Waals surface area contributed by atoms with Crippen LogP contribution in [0.5, 0.6) is 5.75 Å².